The van der Waals surface area contributed by atoms with Crippen molar-refractivity contribution < 1.29 is 0 Å². The molecule has 0 N–H and O–H groups in total. The molecule has 3 heteroatoms. The van der Waals surface area contributed by atoms with Gasteiger partial charge in [0.1, 0.15) is 11.1 Å². The van der Waals surface area contributed by atoms with Gasteiger partial charge in [-0.2, -0.15) is 10.2 Å². The lowest BCUT2D eigenvalue weighted by Gasteiger charge is -2.20. The molecule has 3 nitrogen and oxygen atoms in total. The summed E-state index contributed by atoms with van der Waals surface area (Å²) in [7, 11) is 1.80. The molecule has 0 saturated carbocycles. The summed E-state index contributed by atoms with van der Waals surface area (Å²) < 4.78 is 0. The lowest BCUT2D eigenvalue weighted by Crippen LogP contribution is -2.38. The molecule has 0 aliphatic carbocycles. The van der Waals surface area contributed by atoms with Crippen LogP contribution >= 0.6 is 0 Å². The fourth-order valence-electron chi connectivity index (χ4n) is 1.64. The maximum Gasteiger partial charge on any atom is 0.116 e. The van der Waals surface area contributed by atoms with Gasteiger partial charge in [-0.1, -0.05) is 0 Å². The topological polar surface area (TPSA) is 37.1 Å². The molecule has 1 heterocycles. The van der Waals surface area contributed by atoms with Crippen molar-refractivity contribution in [3.05, 3.63) is 0 Å². The number of hydrogen-bond donors (Lipinski definition) is 0. The molecule has 1 aliphatic rings. The van der Waals surface area contributed by atoms with Gasteiger partial charge in [0, 0.05) is 7.05 Å². The van der Waals surface area contributed by atoms with Crippen molar-refractivity contribution in [3.8, 4) is 0 Å². The van der Waals surface area contributed by atoms with Crippen LogP contribution in [0.3, 0.4) is 0 Å². The van der Waals surface area contributed by atoms with E-state index in [0.29, 0.717) is 0 Å². The second-order valence-corrected chi connectivity index (χ2v) is 3.89. The zero-order valence-electron chi connectivity index (χ0n) is 7.84. The summed E-state index contributed by atoms with van der Waals surface area (Å²) in [5.41, 5.74) is 0.668. The smallest absolute Gasteiger partial charge is 0.116 e. The zero-order chi connectivity index (χ0) is 8.70. The summed E-state index contributed by atoms with van der Waals surface area (Å²) in [5, 5.41) is 8.33. The van der Waals surface area contributed by atoms with E-state index in [1.807, 2.05) is 27.7 Å². The van der Waals surface area contributed by atoms with Crippen LogP contribution in [0.5, 0.6) is 0 Å². The SMILES string of the molecule is CN=C1C(C)(C)N=NC1(C)C. The van der Waals surface area contributed by atoms with Gasteiger partial charge in [0.2, 0.25) is 0 Å². The van der Waals surface area contributed by atoms with E-state index in [-0.39, 0.29) is 11.1 Å². The van der Waals surface area contributed by atoms with Crippen LogP contribution in [0.1, 0.15) is 27.7 Å². The van der Waals surface area contributed by atoms with Crippen molar-refractivity contribution in [3.63, 3.8) is 0 Å². The lowest BCUT2D eigenvalue weighted by atomic mass is 9.87. The molecule has 0 saturated heterocycles. The summed E-state index contributed by atoms with van der Waals surface area (Å²) >= 11 is 0. The van der Waals surface area contributed by atoms with Crippen LogP contribution in [-0.4, -0.2) is 23.8 Å². The average Bonchev–Trinajstić information content (AvgIpc) is 2.03. The zero-order valence-corrected chi connectivity index (χ0v) is 7.84. The van der Waals surface area contributed by atoms with Crippen molar-refractivity contribution in [1.82, 2.24) is 0 Å². The van der Waals surface area contributed by atoms with Gasteiger partial charge in [-0.15, -0.1) is 0 Å². The largest absolute Gasteiger partial charge is 0.292 e. The monoisotopic (exact) mass is 153 g/mol. The highest BCUT2D eigenvalue weighted by Gasteiger charge is 2.41. The Balaban J connectivity index is 3.09. The molecule has 0 spiro atoms. The predicted molar refractivity (Wildman–Crippen MR) is 46.4 cm³/mol. The third-order valence-electron chi connectivity index (χ3n) is 1.93. The summed E-state index contributed by atoms with van der Waals surface area (Å²) in [6.07, 6.45) is 0. The first-order valence-corrected chi connectivity index (χ1v) is 3.82. The molecule has 0 aromatic rings. The van der Waals surface area contributed by atoms with Gasteiger partial charge in [0.05, 0.1) is 5.71 Å². The van der Waals surface area contributed by atoms with Gasteiger partial charge in [0.15, 0.2) is 0 Å². The molecule has 11 heavy (non-hydrogen) atoms. The fraction of sp³-hybridized carbons (Fsp3) is 0.875. The Morgan fingerprint density at radius 3 is 1.55 bits per heavy atom. The minimum absolute atomic E-state index is 0.196. The highest BCUT2D eigenvalue weighted by atomic mass is 15.3. The molecule has 1 aliphatic heterocycles. The van der Waals surface area contributed by atoms with E-state index >= 15 is 0 Å². The van der Waals surface area contributed by atoms with Crippen molar-refractivity contribution in [2.75, 3.05) is 7.05 Å². The standard InChI is InChI=1S/C8H15N3/c1-7(2)6(9-5)8(3,4)11-10-7/h1-5H3. The molecular weight excluding hydrogens is 138 g/mol. The Bertz CT molecular complexity index is 203. The number of nitrogens with zero attached hydrogens (tertiary/aromatic N) is 3. The summed E-state index contributed by atoms with van der Waals surface area (Å²) in [6, 6.07) is 0. The highest BCUT2D eigenvalue weighted by molar-refractivity contribution is 6.01. The van der Waals surface area contributed by atoms with Crippen LogP contribution in [0.15, 0.2) is 15.2 Å². The Morgan fingerprint density at radius 1 is 1.00 bits per heavy atom. The maximum atomic E-state index is 4.22. The molecule has 0 amide bonds. The van der Waals surface area contributed by atoms with Crippen LogP contribution in [0.4, 0.5) is 0 Å². The Hall–Kier alpha value is -0.730. The highest BCUT2D eigenvalue weighted by Crippen LogP contribution is 2.31. The van der Waals surface area contributed by atoms with Crippen molar-refractivity contribution in [1.29, 1.82) is 0 Å². The number of rotatable bonds is 0. The third kappa shape index (κ3) is 1.19. The predicted octanol–water partition coefficient (Wildman–Crippen LogP) is 2.08. The van der Waals surface area contributed by atoms with Gasteiger partial charge < -0.3 is 0 Å². The Morgan fingerprint density at radius 2 is 1.36 bits per heavy atom. The van der Waals surface area contributed by atoms with E-state index in [1.165, 1.54) is 0 Å². The molecule has 0 atom stereocenters. The molecular formula is C8H15N3. The first-order valence-electron chi connectivity index (χ1n) is 3.82. The molecule has 0 unspecified atom stereocenters. The second-order valence-electron chi connectivity index (χ2n) is 3.89. The lowest BCUT2D eigenvalue weighted by molar-refractivity contribution is 0.678. The minimum Gasteiger partial charge on any atom is -0.292 e. The quantitative estimate of drug-likeness (QED) is 0.511. The minimum atomic E-state index is -0.196. The number of hydrogen-bond acceptors (Lipinski definition) is 3. The molecule has 0 fully saturated rings. The van der Waals surface area contributed by atoms with E-state index in [2.05, 4.69) is 15.2 Å². The molecule has 0 aromatic carbocycles. The molecule has 0 aromatic heterocycles. The summed E-state index contributed by atoms with van der Waals surface area (Å²) in [5.74, 6) is 0. The van der Waals surface area contributed by atoms with E-state index in [4.69, 9.17) is 0 Å². The van der Waals surface area contributed by atoms with E-state index < -0.39 is 0 Å². The maximum absolute atomic E-state index is 4.22. The average molecular weight is 153 g/mol. The summed E-state index contributed by atoms with van der Waals surface area (Å²) in [4.78, 5) is 4.22. The molecule has 1 rings (SSSR count). The van der Waals surface area contributed by atoms with Crippen molar-refractivity contribution >= 4 is 5.71 Å². The number of aliphatic imine (C=N–C) groups is 1. The van der Waals surface area contributed by atoms with Crippen molar-refractivity contribution in [2.45, 2.75) is 38.8 Å². The van der Waals surface area contributed by atoms with E-state index in [9.17, 15) is 0 Å². The normalized spacial score (nSPS) is 25.7. The molecule has 0 radical (unpaired) electrons. The third-order valence-corrected chi connectivity index (χ3v) is 1.93. The van der Waals surface area contributed by atoms with Gasteiger partial charge in [0.25, 0.3) is 0 Å². The number of azo groups is 1. The Kier molecular flexibility index (Phi) is 1.62. The molecule has 62 valence electrons. The fourth-order valence-corrected chi connectivity index (χ4v) is 1.64. The van der Waals surface area contributed by atoms with Gasteiger partial charge in [-0.05, 0) is 27.7 Å². The molecule has 0 bridgehead atoms. The van der Waals surface area contributed by atoms with Gasteiger partial charge >= 0.3 is 0 Å². The van der Waals surface area contributed by atoms with Crippen LogP contribution in [-0.2, 0) is 0 Å². The van der Waals surface area contributed by atoms with Gasteiger partial charge in [-0.25, -0.2) is 0 Å². The first kappa shape index (κ1) is 8.37. The Labute approximate surface area is 67.6 Å². The summed E-state index contributed by atoms with van der Waals surface area (Å²) in [6.45, 7) is 8.14. The van der Waals surface area contributed by atoms with Crippen LogP contribution in [0.25, 0.3) is 0 Å². The second kappa shape index (κ2) is 2.13. The van der Waals surface area contributed by atoms with E-state index in [1.54, 1.807) is 7.05 Å². The first-order chi connectivity index (χ1) is 4.90. The van der Waals surface area contributed by atoms with Crippen LogP contribution < -0.4 is 0 Å². The van der Waals surface area contributed by atoms with E-state index in [0.717, 1.165) is 5.71 Å². The van der Waals surface area contributed by atoms with Crippen LogP contribution in [0, 0.1) is 0 Å². The van der Waals surface area contributed by atoms with Crippen molar-refractivity contribution in [2.24, 2.45) is 15.2 Å². The van der Waals surface area contributed by atoms with Crippen LogP contribution in [0.2, 0.25) is 0 Å². The van der Waals surface area contributed by atoms with Gasteiger partial charge in [-0.3, -0.25) is 4.99 Å².